The van der Waals surface area contributed by atoms with Gasteiger partial charge < -0.3 is 30.5 Å². The molecule has 1 unspecified atom stereocenters. The molecule has 16 heteroatoms. The summed E-state index contributed by atoms with van der Waals surface area (Å²) >= 11 is 0. The first-order valence-electron chi connectivity index (χ1n) is 21.6. The van der Waals surface area contributed by atoms with Gasteiger partial charge in [-0.2, -0.15) is 0 Å². The van der Waals surface area contributed by atoms with Gasteiger partial charge in [0.2, 0.25) is 23.6 Å². The Labute approximate surface area is 365 Å². The number of fused-ring (bicyclic) bond motifs is 3. The highest BCUT2D eigenvalue weighted by molar-refractivity contribution is 6.01. The van der Waals surface area contributed by atoms with Gasteiger partial charge in [0.05, 0.1) is 24.2 Å². The number of aromatic nitrogens is 4. The highest BCUT2D eigenvalue weighted by Gasteiger charge is 2.31. The normalized spacial score (nSPS) is 20.3. The van der Waals surface area contributed by atoms with Crippen LogP contribution in [-0.4, -0.2) is 79.7 Å². The molecule has 2 aliphatic heterocycles. The van der Waals surface area contributed by atoms with Crippen molar-refractivity contribution in [3.63, 3.8) is 0 Å². The van der Waals surface area contributed by atoms with Crippen molar-refractivity contribution in [2.75, 3.05) is 30.7 Å². The van der Waals surface area contributed by atoms with E-state index < -0.39 is 5.92 Å². The first-order chi connectivity index (χ1) is 30.3. The van der Waals surface area contributed by atoms with Crippen LogP contribution >= 0.6 is 0 Å². The van der Waals surface area contributed by atoms with Crippen LogP contribution < -0.4 is 26.4 Å². The number of carbonyl (C=O) groups is 5. The number of nitrogen functional groups attached to an aromatic ring is 1. The predicted octanol–water partition coefficient (Wildman–Crippen LogP) is 5.82. The van der Waals surface area contributed by atoms with E-state index in [1.165, 1.54) is 0 Å². The van der Waals surface area contributed by atoms with E-state index >= 15 is 0 Å². The molecule has 16 nitrogen and oxygen atoms in total. The standard InChI is InChI=1S/C47H53N9O7/c1-47(2,3)36-25-37(54-63-36)51-40(59)23-28-10-12-30(13-11-28)42-43-44(48)49-26-33-9-4-5-21-55(22-20-39(58)50-32-8-6-7-31(24-32)45(53-42)56(33)43)41(60)27-62-34-16-14-29(15-17-34)35-18-19-38(57)52-46(35)61/h4,9-17,25-26,31-32,35H,5-8,18-24,27H2,1-3H3,(H2,48,49)(H,50,58)(H,51,54,59)(H,52,57,61)/b9-4+/t31-,32-,35?/m1/s1. The number of hydrogen-bond acceptors (Lipinski definition) is 11. The molecular formula is C47H53N9O7. The number of nitrogens with two attached hydrogens (primary N) is 1. The minimum atomic E-state index is -0.417. The first-order valence-corrected chi connectivity index (χ1v) is 21.6. The van der Waals surface area contributed by atoms with Gasteiger partial charge in [-0.05, 0) is 61.4 Å². The summed E-state index contributed by atoms with van der Waals surface area (Å²) in [5, 5.41) is 12.4. The average molecular weight is 856 g/mol. The van der Waals surface area contributed by atoms with Crippen LogP contribution in [0.3, 0.4) is 0 Å². The molecule has 2 aromatic carbocycles. The smallest absolute Gasteiger partial charge is 0.260 e. The number of benzene rings is 2. The fourth-order valence-electron chi connectivity index (χ4n) is 8.55. The van der Waals surface area contributed by atoms with Crippen molar-refractivity contribution in [1.29, 1.82) is 0 Å². The lowest BCUT2D eigenvalue weighted by Crippen LogP contribution is -2.41. The third-order valence-corrected chi connectivity index (χ3v) is 12.0. The van der Waals surface area contributed by atoms with Crippen molar-refractivity contribution >= 4 is 52.8 Å². The van der Waals surface area contributed by atoms with Crippen LogP contribution in [0.25, 0.3) is 22.9 Å². The van der Waals surface area contributed by atoms with E-state index in [1.54, 1.807) is 41.4 Å². The van der Waals surface area contributed by atoms with Crippen molar-refractivity contribution in [1.82, 2.24) is 35.1 Å². The second kappa shape index (κ2) is 18.2. The Morgan fingerprint density at radius 2 is 1.78 bits per heavy atom. The molecule has 0 spiro atoms. The van der Waals surface area contributed by atoms with E-state index in [9.17, 15) is 24.0 Å². The number of ether oxygens (including phenoxy) is 1. The van der Waals surface area contributed by atoms with Gasteiger partial charge in [0.1, 0.15) is 34.4 Å². The van der Waals surface area contributed by atoms with E-state index in [4.69, 9.17) is 20.0 Å². The summed E-state index contributed by atoms with van der Waals surface area (Å²) in [5.74, 6) is 1.11. The maximum atomic E-state index is 13.6. The summed E-state index contributed by atoms with van der Waals surface area (Å²) in [7, 11) is 0. The molecule has 1 saturated carbocycles. The number of rotatable bonds is 8. The zero-order valence-electron chi connectivity index (χ0n) is 35.8. The number of amides is 5. The molecule has 3 atom stereocenters. The van der Waals surface area contributed by atoms with E-state index in [2.05, 4.69) is 30.5 Å². The maximum absolute atomic E-state index is 13.6. The molecule has 5 aromatic rings. The largest absolute Gasteiger partial charge is 0.484 e. The number of carbonyl (C=O) groups excluding carboxylic acids is 5. The monoisotopic (exact) mass is 855 g/mol. The minimum absolute atomic E-state index is 0.0241. The molecule has 5 amide bonds. The van der Waals surface area contributed by atoms with Gasteiger partial charge in [0.25, 0.3) is 5.91 Å². The lowest BCUT2D eigenvalue weighted by molar-refractivity contribution is -0.135. The van der Waals surface area contributed by atoms with E-state index in [-0.39, 0.29) is 79.3 Å². The number of nitrogens with zero attached hydrogens (tertiary/aromatic N) is 5. The highest BCUT2D eigenvalue weighted by atomic mass is 16.5. The van der Waals surface area contributed by atoms with Gasteiger partial charge >= 0.3 is 0 Å². The van der Waals surface area contributed by atoms with E-state index in [0.29, 0.717) is 60.2 Å². The Morgan fingerprint density at radius 1 is 0.984 bits per heavy atom. The van der Waals surface area contributed by atoms with Crippen molar-refractivity contribution in [3.05, 3.63) is 95.3 Å². The van der Waals surface area contributed by atoms with Crippen molar-refractivity contribution < 1.29 is 33.2 Å². The van der Waals surface area contributed by atoms with Gasteiger partial charge in [-0.15, -0.1) is 0 Å². The molecule has 2 bridgehead atoms. The number of anilines is 2. The summed E-state index contributed by atoms with van der Waals surface area (Å²) < 4.78 is 13.4. The lowest BCUT2D eigenvalue weighted by Gasteiger charge is -2.29. The highest BCUT2D eigenvalue weighted by Crippen LogP contribution is 2.38. The van der Waals surface area contributed by atoms with Crippen LogP contribution in [0.5, 0.6) is 5.75 Å². The fraction of sp³-hybridized carbons (Fsp3) is 0.404. The Hall–Kier alpha value is -6.84. The summed E-state index contributed by atoms with van der Waals surface area (Å²) in [6.07, 6.45) is 10.5. The second-order valence-corrected chi connectivity index (χ2v) is 17.6. The van der Waals surface area contributed by atoms with E-state index in [1.807, 2.05) is 57.2 Å². The SMILES string of the molecule is CC(C)(C)c1cc(NC(=O)Cc2ccc(-c3nc4n5c(cnc(N)c35)/C=C/CCN(C(=O)COc3ccc(C5CCC(=O)NC5=O)cc3)CCC(=O)N[C@@H]3CCC[C@@H]4C3)cc2)no1. The average Bonchev–Trinajstić information content (AvgIpc) is 3.90. The molecular weight excluding hydrogens is 803 g/mol. The number of nitrogens with one attached hydrogen (secondary N) is 3. The molecule has 1 aliphatic carbocycles. The summed E-state index contributed by atoms with van der Waals surface area (Å²) in [5.41, 5.74) is 10.9. The minimum Gasteiger partial charge on any atom is -0.484 e. The number of imidazole rings is 1. The van der Waals surface area contributed by atoms with Crippen LogP contribution in [0.4, 0.5) is 11.6 Å². The van der Waals surface area contributed by atoms with Crippen molar-refractivity contribution in [3.8, 4) is 17.0 Å². The van der Waals surface area contributed by atoms with Crippen molar-refractivity contribution in [2.24, 2.45) is 0 Å². The zero-order valence-corrected chi connectivity index (χ0v) is 35.8. The maximum Gasteiger partial charge on any atom is 0.260 e. The number of imide groups is 1. The Balaban J connectivity index is 0.994. The number of hydrogen-bond donors (Lipinski definition) is 4. The Kier molecular flexibility index (Phi) is 12.4. The predicted molar refractivity (Wildman–Crippen MR) is 235 cm³/mol. The molecule has 1 saturated heterocycles. The third-order valence-electron chi connectivity index (χ3n) is 12.0. The molecule has 5 N–H and O–H groups in total. The zero-order chi connectivity index (χ0) is 44.3. The molecule has 3 aliphatic rings. The van der Waals surface area contributed by atoms with Gasteiger partial charge in [-0.25, -0.2) is 9.97 Å². The van der Waals surface area contributed by atoms with Gasteiger partial charge in [-0.1, -0.05) is 74.8 Å². The lowest BCUT2D eigenvalue weighted by atomic mass is 9.85. The number of piperidine rings is 1. The second-order valence-electron chi connectivity index (χ2n) is 17.6. The molecule has 63 heavy (non-hydrogen) atoms. The van der Waals surface area contributed by atoms with Gasteiger partial charge in [-0.3, -0.25) is 33.7 Å². The quantitative estimate of drug-likeness (QED) is 0.136. The summed E-state index contributed by atoms with van der Waals surface area (Å²) in [6.45, 7) is 6.38. The molecule has 328 valence electrons. The molecule has 2 fully saturated rings. The van der Waals surface area contributed by atoms with Crippen LogP contribution in [0.2, 0.25) is 0 Å². The third kappa shape index (κ3) is 9.95. The van der Waals surface area contributed by atoms with Gasteiger partial charge in [0, 0.05) is 54.9 Å². The van der Waals surface area contributed by atoms with Crippen LogP contribution in [0.15, 0.2) is 71.4 Å². The fourth-order valence-corrected chi connectivity index (χ4v) is 8.55. The van der Waals surface area contributed by atoms with Crippen molar-refractivity contribution in [2.45, 2.75) is 102 Å². The van der Waals surface area contributed by atoms with Crippen LogP contribution in [-0.2, 0) is 35.8 Å². The first kappa shape index (κ1) is 42.8. The molecule has 5 heterocycles. The molecule has 3 aromatic heterocycles. The summed E-state index contributed by atoms with van der Waals surface area (Å²) in [6, 6.07) is 16.3. The molecule has 0 radical (unpaired) electrons. The van der Waals surface area contributed by atoms with Gasteiger partial charge in [0.15, 0.2) is 12.4 Å². The van der Waals surface area contributed by atoms with Crippen LogP contribution in [0.1, 0.15) is 112 Å². The van der Waals surface area contributed by atoms with E-state index in [0.717, 1.165) is 47.5 Å². The van der Waals surface area contributed by atoms with Crippen LogP contribution in [0, 0.1) is 0 Å². The Bertz CT molecular complexity index is 2550. The Morgan fingerprint density at radius 3 is 2.52 bits per heavy atom. The molecule has 8 rings (SSSR count). The topological polar surface area (TPSA) is 216 Å². The summed E-state index contributed by atoms with van der Waals surface area (Å²) in [4.78, 5) is 75.4.